The first kappa shape index (κ1) is 14.1. The first-order chi connectivity index (χ1) is 10.2. The van der Waals surface area contributed by atoms with Gasteiger partial charge in [-0.2, -0.15) is 0 Å². The van der Waals surface area contributed by atoms with Crippen molar-refractivity contribution in [1.82, 2.24) is 25.3 Å². The monoisotopic (exact) mass is 291 g/mol. The number of hydrogen-bond donors (Lipinski definition) is 4. The molecule has 1 aliphatic rings. The van der Waals surface area contributed by atoms with E-state index < -0.39 is 24.3 Å². The molecule has 3 rings (SSSR count). The van der Waals surface area contributed by atoms with Crippen LogP contribution in [0.5, 0.6) is 0 Å². The van der Waals surface area contributed by atoms with Gasteiger partial charge in [-0.3, -0.25) is 9.67 Å². The van der Waals surface area contributed by atoms with Crippen molar-refractivity contribution in [3.8, 4) is 11.4 Å². The van der Waals surface area contributed by atoms with Crippen molar-refractivity contribution in [1.29, 1.82) is 0 Å². The van der Waals surface area contributed by atoms with Gasteiger partial charge in [-0.05, 0) is 12.1 Å². The fourth-order valence-corrected chi connectivity index (χ4v) is 2.49. The molecule has 21 heavy (non-hydrogen) atoms. The zero-order valence-electron chi connectivity index (χ0n) is 11.2. The van der Waals surface area contributed by atoms with E-state index in [9.17, 15) is 10.2 Å². The van der Waals surface area contributed by atoms with Crippen molar-refractivity contribution < 1.29 is 15.3 Å². The van der Waals surface area contributed by atoms with Crippen molar-refractivity contribution in [2.24, 2.45) is 0 Å². The number of nitrogens with one attached hydrogen (secondary N) is 1. The van der Waals surface area contributed by atoms with Crippen molar-refractivity contribution >= 4 is 0 Å². The van der Waals surface area contributed by atoms with Gasteiger partial charge in [0.25, 0.3) is 0 Å². The summed E-state index contributed by atoms with van der Waals surface area (Å²) in [7, 11) is 0. The van der Waals surface area contributed by atoms with E-state index in [-0.39, 0.29) is 6.61 Å². The van der Waals surface area contributed by atoms with Crippen LogP contribution in [-0.2, 0) is 6.54 Å². The average molecular weight is 291 g/mol. The van der Waals surface area contributed by atoms with Crippen LogP contribution in [0.4, 0.5) is 0 Å². The molecule has 0 amide bonds. The summed E-state index contributed by atoms with van der Waals surface area (Å²) >= 11 is 0. The average Bonchev–Trinajstić information content (AvgIpc) is 3.09. The highest BCUT2D eigenvalue weighted by Gasteiger charge is 2.40. The summed E-state index contributed by atoms with van der Waals surface area (Å²) in [5.41, 5.74) is 1.36. The Bertz CT molecular complexity index is 591. The standard InChI is InChI=1S/C13H17N5O3/c19-7-11-13(21)12(20)10(15-11)6-18-5-9(16-17-18)8-3-1-2-4-14-8/h1-5,10-13,15,19-21H,6-7H2/t10-,11-,12-,13-/m1/s1. The Kier molecular flexibility index (Phi) is 3.93. The molecular weight excluding hydrogens is 274 g/mol. The van der Waals surface area contributed by atoms with Crippen LogP contribution in [-0.4, -0.2) is 66.2 Å². The van der Waals surface area contributed by atoms with E-state index in [1.807, 2.05) is 18.2 Å². The Morgan fingerprint density at radius 1 is 1.14 bits per heavy atom. The van der Waals surface area contributed by atoms with Crippen LogP contribution < -0.4 is 5.32 Å². The highest BCUT2D eigenvalue weighted by molar-refractivity contribution is 5.51. The Hall–Kier alpha value is -1.87. The van der Waals surface area contributed by atoms with Gasteiger partial charge in [0.15, 0.2) is 0 Å². The van der Waals surface area contributed by atoms with E-state index in [4.69, 9.17) is 5.11 Å². The predicted octanol–water partition coefficient (Wildman–Crippen LogP) is -1.61. The second kappa shape index (κ2) is 5.86. The molecule has 0 aliphatic carbocycles. The van der Waals surface area contributed by atoms with Crippen LogP contribution in [0.2, 0.25) is 0 Å². The highest BCUT2D eigenvalue weighted by Crippen LogP contribution is 2.17. The smallest absolute Gasteiger partial charge is 0.131 e. The van der Waals surface area contributed by atoms with Gasteiger partial charge in [0, 0.05) is 6.20 Å². The number of hydrogen-bond acceptors (Lipinski definition) is 7. The first-order valence-corrected chi connectivity index (χ1v) is 6.73. The summed E-state index contributed by atoms with van der Waals surface area (Å²) in [5.74, 6) is 0. The summed E-state index contributed by atoms with van der Waals surface area (Å²) in [6, 6.07) is 4.61. The topological polar surface area (TPSA) is 116 Å². The Morgan fingerprint density at radius 2 is 1.95 bits per heavy atom. The molecule has 1 fully saturated rings. The van der Waals surface area contributed by atoms with E-state index in [1.165, 1.54) is 0 Å². The van der Waals surface area contributed by atoms with Crippen LogP contribution in [0, 0.1) is 0 Å². The van der Waals surface area contributed by atoms with Gasteiger partial charge < -0.3 is 20.6 Å². The third kappa shape index (κ3) is 2.79. The van der Waals surface area contributed by atoms with Crippen LogP contribution in [0.25, 0.3) is 11.4 Å². The summed E-state index contributed by atoms with van der Waals surface area (Å²) in [6.45, 7) is 0.111. The molecule has 8 heteroatoms. The fourth-order valence-electron chi connectivity index (χ4n) is 2.49. The molecule has 0 unspecified atom stereocenters. The molecule has 0 radical (unpaired) electrons. The number of aromatic nitrogens is 4. The predicted molar refractivity (Wildman–Crippen MR) is 73.1 cm³/mol. The van der Waals surface area contributed by atoms with Crippen LogP contribution in [0.15, 0.2) is 30.6 Å². The fraction of sp³-hybridized carbons (Fsp3) is 0.462. The quantitative estimate of drug-likeness (QED) is 0.536. The minimum atomic E-state index is -0.987. The third-order valence-electron chi connectivity index (χ3n) is 3.65. The van der Waals surface area contributed by atoms with Crippen LogP contribution in [0.1, 0.15) is 0 Å². The van der Waals surface area contributed by atoms with Gasteiger partial charge in [-0.1, -0.05) is 11.3 Å². The zero-order valence-corrected chi connectivity index (χ0v) is 11.2. The molecule has 3 heterocycles. The molecule has 0 spiro atoms. The lowest BCUT2D eigenvalue weighted by molar-refractivity contribution is 0.0175. The third-order valence-corrected chi connectivity index (χ3v) is 3.65. The lowest BCUT2D eigenvalue weighted by atomic mass is 10.1. The molecule has 0 bridgehead atoms. The molecule has 1 aliphatic heterocycles. The molecule has 2 aromatic heterocycles. The molecule has 112 valence electrons. The maximum Gasteiger partial charge on any atom is 0.131 e. The minimum absolute atomic E-state index is 0.231. The molecule has 0 aromatic carbocycles. The molecule has 4 N–H and O–H groups in total. The van der Waals surface area contributed by atoms with Crippen molar-refractivity contribution in [3.05, 3.63) is 30.6 Å². The lowest BCUT2D eigenvalue weighted by Crippen LogP contribution is -2.38. The van der Waals surface area contributed by atoms with E-state index in [0.29, 0.717) is 12.2 Å². The van der Waals surface area contributed by atoms with Crippen molar-refractivity contribution in [3.63, 3.8) is 0 Å². The maximum atomic E-state index is 9.95. The van der Waals surface area contributed by atoms with Crippen LogP contribution >= 0.6 is 0 Å². The Labute approximate surface area is 121 Å². The SMILES string of the molecule is OC[C@H]1N[C@H](Cn2cc(-c3ccccn3)nn2)[C@@H](O)[C@@H]1O. The lowest BCUT2D eigenvalue weighted by Gasteiger charge is -2.15. The van der Waals surface area contributed by atoms with E-state index >= 15 is 0 Å². The van der Waals surface area contributed by atoms with Gasteiger partial charge >= 0.3 is 0 Å². The number of aliphatic hydroxyl groups excluding tert-OH is 3. The summed E-state index contributed by atoms with van der Waals surface area (Å²) in [4.78, 5) is 4.19. The molecule has 1 saturated heterocycles. The summed E-state index contributed by atoms with van der Waals surface area (Å²) in [5, 5.41) is 39.8. The zero-order chi connectivity index (χ0) is 14.8. The van der Waals surface area contributed by atoms with Crippen molar-refractivity contribution in [2.75, 3.05) is 6.61 Å². The minimum Gasteiger partial charge on any atom is -0.395 e. The number of nitrogens with zero attached hydrogens (tertiary/aromatic N) is 4. The van der Waals surface area contributed by atoms with Crippen LogP contribution in [0.3, 0.4) is 0 Å². The highest BCUT2D eigenvalue weighted by atomic mass is 16.3. The van der Waals surface area contributed by atoms with E-state index in [1.54, 1.807) is 17.1 Å². The van der Waals surface area contributed by atoms with Crippen molar-refractivity contribution in [2.45, 2.75) is 30.8 Å². The maximum absolute atomic E-state index is 9.95. The van der Waals surface area contributed by atoms with E-state index in [2.05, 4.69) is 20.6 Å². The summed E-state index contributed by atoms with van der Waals surface area (Å²) < 4.78 is 1.58. The molecule has 0 saturated carbocycles. The molecule has 8 nitrogen and oxygen atoms in total. The largest absolute Gasteiger partial charge is 0.395 e. The van der Waals surface area contributed by atoms with Gasteiger partial charge in [0.1, 0.15) is 5.69 Å². The molecule has 4 atom stereocenters. The van der Waals surface area contributed by atoms with Gasteiger partial charge in [0.2, 0.25) is 0 Å². The number of pyridine rings is 1. The van der Waals surface area contributed by atoms with Gasteiger partial charge in [-0.25, -0.2) is 0 Å². The Balaban J connectivity index is 1.71. The number of aliphatic hydroxyl groups is 3. The number of rotatable bonds is 4. The molecule has 2 aromatic rings. The summed E-state index contributed by atoms with van der Waals surface area (Å²) in [6.07, 6.45) is 1.47. The second-order valence-corrected chi connectivity index (χ2v) is 5.08. The normalized spacial score (nSPS) is 28.9. The van der Waals surface area contributed by atoms with E-state index in [0.717, 1.165) is 5.69 Å². The molecular formula is C13H17N5O3. The second-order valence-electron chi connectivity index (χ2n) is 5.08. The van der Waals surface area contributed by atoms with Gasteiger partial charge in [-0.15, -0.1) is 5.10 Å². The first-order valence-electron chi connectivity index (χ1n) is 6.73. The Morgan fingerprint density at radius 3 is 2.62 bits per heavy atom. The van der Waals surface area contributed by atoms with Gasteiger partial charge in [0.05, 0.1) is 49.3 Å².